The van der Waals surface area contributed by atoms with Crippen LogP contribution in [0.2, 0.25) is 0 Å². The Morgan fingerprint density at radius 2 is 2.25 bits per heavy atom. The van der Waals surface area contributed by atoms with E-state index in [1.807, 2.05) is 6.92 Å². The lowest BCUT2D eigenvalue weighted by atomic mass is 9.94. The Labute approximate surface area is 141 Å². The summed E-state index contributed by atoms with van der Waals surface area (Å²) in [5.74, 6) is 0.0818. The third-order valence-corrected chi connectivity index (χ3v) is 4.96. The normalized spacial score (nSPS) is 17.6. The first-order valence-corrected chi connectivity index (χ1v) is 9.03. The molecular weight excluding hydrogens is 337 g/mol. The molecule has 1 aromatic carbocycles. The Bertz CT molecular complexity index is 700. The second kappa shape index (κ2) is 8.17. The van der Waals surface area contributed by atoms with Gasteiger partial charge in [-0.1, -0.05) is 17.7 Å². The molecule has 8 heteroatoms. The Kier molecular flexibility index (Phi) is 6.47. The molecule has 1 aliphatic heterocycles. The van der Waals surface area contributed by atoms with Crippen LogP contribution in [0.1, 0.15) is 11.1 Å². The predicted octanol–water partition coefficient (Wildman–Crippen LogP) is 1.63. The van der Waals surface area contributed by atoms with Gasteiger partial charge >= 0.3 is 0 Å². The van der Waals surface area contributed by atoms with Gasteiger partial charge in [0.25, 0.3) is 10.1 Å². The van der Waals surface area contributed by atoms with Gasteiger partial charge in [0.05, 0.1) is 37.1 Å². The van der Waals surface area contributed by atoms with Crippen LogP contribution in [0.25, 0.3) is 0 Å². The molecule has 134 valence electrons. The number of aryl methyl sites for hydroxylation is 1. The maximum absolute atomic E-state index is 12.6. The van der Waals surface area contributed by atoms with Gasteiger partial charge in [0, 0.05) is 18.9 Å². The van der Waals surface area contributed by atoms with Gasteiger partial charge in [-0.25, -0.2) is 4.39 Å². The van der Waals surface area contributed by atoms with E-state index in [1.165, 1.54) is 6.07 Å². The quantitative estimate of drug-likeness (QED) is 0.685. The van der Waals surface area contributed by atoms with E-state index in [0.717, 1.165) is 5.56 Å². The molecule has 1 saturated heterocycles. The van der Waals surface area contributed by atoms with Crippen molar-refractivity contribution in [3.8, 4) is 0 Å². The van der Waals surface area contributed by atoms with Crippen LogP contribution in [0, 0.1) is 12.8 Å². The van der Waals surface area contributed by atoms with E-state index in [4.69, 9.17) is 15.2 Å². The molecule has 0 amide bonds. The largest absolute Gasteiger partial charge is 0.380 e. The van der Waals surface area contributed by atoms with E-state index in [1.54, 1.807) is 12.1 Å². The summed E-state index contributed by atoms with van der Waals surface area (Å²) in [6.45, 7) is 2.90. The van der Waals surface area contributed by atoms with E-state index in [2.05, 4.69) is 0 Å². The van der Waals surface area contributed by atoms with Crippen LogP contribution in [-0.4, -0.2) is 45.4 Å². The summed E-state index contributed by atoms with van der Waals surface area (Å²) in [6, 6.07) is 4.70. The Morgan fingerprint density at radius 3 is 2.75 bits per heavy atom. The highest BCUT2D eigenvalue weighted by molar-refractivity contribution is 7.85. The highest BCUT2D eigenvalue weighted by Crippen LogP contribution is 2.26. The van der Waals surface area contributed by atoms with E-state index < -0.39 is 10.1 Å². The van der Waals surface area contributed by atoms with Crippen molar-refractivity contribution in [1.29, 1.82) is 0 Å². The van der Waals surface area contributed by atoms with Crippen molar-refractivity contribution in [2.45, 2.75) is 24.3 Å². The molecule has 0 bridgehead atoms. The number of rotatable bonds is 8. The topological polar surface area (TPSA) is 98.9 Å². The van der Waals surface area contributed by atoms with Crippen molar-refractivity contribution in [3.05, 3.63) is 41.2 Å². The molecule has 0 aliphatic carbocycles. The van der Waals surface area contributed by atoms with Gasteiger partial charge < -0.3 is 15.2 Å². The van der Waals surface area contributed by atoms with E-state index in [0.29, 0.717) is 30.7 Å². The molecule has 0 radical (unpaired) electrons. The van der Waals surface area contributed by atoms with Crippen molar-refractivity contribution >= 4 is 10.1 Å². The summed E-state index contributed by atoms with van der Waals surface area (Å²) in [4.78, 5) is -0.137. The molecule has 1 aromatic rings. The molecule has 0 saturated carbocycles. The minimum atomic E-state index is -4.33. The first-order valence-electron chi connectivity index (χ1n) is 7.59. The lowest BCUT2D eigenvalue weighted by Crippen LogP contribution is -2.41. The minimum Gasteiger partial charge on any atom is -0.380 e. The van der Waals surface area contributed by atoms with Crippen molar-refractivity contribution < 1.29 is 26.8 Å². The van der Waals surface area contributed by atoms with Crippen LogP contribution in [0.4, 0.5) is 4.39 Å². The van der Waals surface area contributed by atoms with Crippen molar-refractivity contribution in [2.75, 3.05) is 26.4 Å². The molecule has 24 heavy (non-hydrogen) atoms. The third-order valence-electron chi connectivity index (χ3n) is 4.00. The molecule has 0 aromatic heterocycles. The third kappa shape index (κ3) is 4.84. The molecule has 0 spiro atoms. The number of ether oxygens (including phenoxy) is 2. The molecule has 3 N–H and O–H groups in total. The van der Waals surface area contributed by atoms with Crippen molar-refractivity contribution in [3.63, 3.8) is 0 Å². The number of benzene rings is 1. The number of nitrogens with two attached hydrogens (primary N) is 1. The van der Waals surface area contributed by atoms with Crippen LogP contribution in [0.15, 0.2) is 35.0 Å². The van der Waals surface area contributed by atoms with Gasteiger partial charge in [-0.15, -0.1) is 0 Å². The van der Waals surface area contributed by atoms with Gasteiger partial charge in [-0.2, -0.15) is 8.42 Å². The summed E-state index contributed by atoms with van der Waals surface area (Å²) in [7, 11) is -4.33. The van der Waals surface area contributed by atoms with E-state index in [9.17, 15) is 17.4 Å². The summed E-state index contributed by atoms with van der Waals surface area (Å²) in [6.07, 6.45) is 0.335. The fourth-order valence-corrected chi connectivity index (χ4v) is 3.23. The zero-order valence-corrected chi connectivity index (χ0v) is 14.3. The predicted molar refractivity (Wildman–Crippen MR) is 87.0 cm³/mol. The SMILES string of the molecule is Cc1ccc(S(=O)(=O)O)c(CC(OC/C(=C\F)CN)C2COC2)c1. The summed E-state index contributed by atoms with van der Waals surface area (Å²) in [5.41, 5.74) is 7.07. The van der Waals surface area contributed by atoms with Crippen molar-refractivity contribution in [2.24, 2.45) is 11.7 Å². The fraction of sp³-hybridized carbons (Fsp3) is 0.500. The summed E-state index contributed by atoms with van der Waals surface area (Å²) < 4.78 is 56.1. The molecule has 2 rings (SSSR count). The Hall–Kier alpha value is -1.32. The van der Waals surface area contributed by atoms with Gasteiger partial charge in [-0.05, 0) is 24.1 Å². The monoisotopic (exact) mass is 359 g/mol. The van der Waals surface area contributed by atoms with Crippen LogP contribution in [0.3, 0.4) is 0 Å². The molecule has 1 atom stereocenters. The second-order valence-corrected chi connectivity index (χ2v) is 7.30. The molecule has 1 unspecified atom stereocenters. The van der Waals surface area contributed by atoms with Crippen LogP contribution in [-0.2, 0) is 26.0 Å². The van der Waals surface area contributed by atoms with Crippen LogP contribution in [0.5, 0.6) is 0 Å². The lowest BCUT2D eigenvalue weighted by Gasteiger charge is -2.34. The first kappa shape index (κ1) is 19.0. The van der Waals surface area contributed by atoms with Crippen LogP contribution < -0.4 is 5.73 Å². The first-order chi connectivity index (χ1) is 11.3. The lowest BCUT2D eigenvalue weighted by molar-refractivity contribution is -0.110. The highest BCUT2D eigenvalue weighted by Gasteiger charge is 2.31. The summed E-state index contributed by atoms with van der Waals surface area (Å²) in [5, 5.41) is 0. The highest BCUT2D eigenvalue weighted by atomic mass is 32.2. The Balaban J connectivity index is 2.22. The molecule has 1 heterocycles. The average Bonchev–Trinajstić information content (AvgIpc) is 2.45. The number of hydrogen-bond acceptors (Lipinski definition) is 5. The number of halogens is 1. The van der Waals surface area contributed by atoms with Gasteiger partial charge in [0.2, 0.25) is 0 Å². The van der Waals surface area contributed by atoms with Crippen molar-refractivity contribution in [1.82, 2.24) is 0 Å². The van der Waals surface area contributed by atoms with Gasteiger partial charge in [0.15, 0.2) is 0 Å². The van der Waals surface area contributed by atoms with Gasteiger partial charge in [0.1, 0.15) is 0 Å². The fourth-order valence-electron chi connectivity index (χ4n) is 2.52. The van der Waals surface area contributed by atoms with Gasteiger partial charge in [-0.3, -0.25) is 4.55 Å². The molecule has 6 nitrogen and oxygen atoms in total. The Morgan fingerprint density at radius 1 is 1.54 bits per heavy atom. The zero-order chi connectivity index (χ0) is 17.7. The van der Waals surface area contributed by atoms with Crippen LogP contribution >= 0.6 is 0 Å². The smallest absolute Gasteiger partial charge is 0.294 e. The standard InChI is InChI=1S/C16H22FNO5S/c1-11-2-3-16(24(19,20)21)13(4-11)5-15(14-9-22-10-14)23-8-12(6-17)7-18/h2-4,6,14-15H,5,7-10,18H2,1H3,(H,19,20,21)/b12-6-. The molecule has 1 fully saturated rings. The average molecular weight is 359 g/mol. The second-order valence-electron chi connectivity index (χ2n) is 5.91. The molecule has 1 aliphatic rings. The maximum Gasteiger partial charge on any atom is 0.294 e. The molecular formula is C16H22FNO5S. The van der Waals surface area contributed by atoms with E-state index in [-0.39, 0.29) is 36.5 Å². The number of hydrogen-bond donors (Lipinski definition) is 2. The zero-order valence-electron chi connectivity index (χ0n) is 13.4. The van der Waals surface area contributed by atoms with E-state index >= 15 is 0 Å². The summed E-state index contributed by atoms with van der Waals surface area (Å²) >= 11 is 0. The minimum absolute atomic E-state index is 0.0290. The maximum atomic E-state index is 12.6.